The van der Waals surface area contributed by atoms with Crippen LogP contribution in [0.1, 0.15) is 10.5 Å². The molecule has 0 aliphatic rings. The van der Waals surface area contributed by atoms with Gasteiger partial charge in [-0.3, -0.25) is 20.0 Å². The molecule has 0 fully saturated rings. The largest absolute Gasteiger partial charge is 0.321 e. The van der Waals surface area contributed by atoms with Crippen LogP contribution in [0, 0.1) is 0 Å². The van der Waals surface area contributed by atoms with Crippen LogP contribution in [0.15, 0.2) is 55.0 Å². The van der Waals surface area contributed by atoms with Crippen molar-refractivity contribution in [3.8, 4) is 11.3 Å². The van der Waals surface area contributed by atoms with Crippen molar-refractivity contribution in [3.05, 3.63) is 60.7 Å². The molecule has 7 nitrogen and oxygen atoms in total. The molecule has 0 aliphatic carbocycles. The Morgan fingerprint density at radius 1 is 1.09 bits per heavy atom. The summed E-state index contributed by atoms with van der Waals surface area (Å²) in [5, 5.41) is 17.5. The Hall–Kier alpha value is -3.48. The highest BCUT2D eigenvalue weighted by Crippen LogP contribution is 2.19. The lowest BCUT2D eigenvalue weighted by Gasteiger charge is -2.03. The van der Waals surface area contributed by atoms with Crippen molar-refractivity contribution in [2.24, 2.45) is 0 Å². The Labute approximate surface area is 130 Å². The van der Waals surface area contributed by atoms with E-state index in [1.807, 2.05) is 30.3 Å². The Morgan fingerprint density at radius 3 is 2.91 bits per heavy atom. The third-order valence-electron chi connectivity index (χ3n) is 3.48. The lowest BCUT2D eigenvalue weighted by atomic mass is 10.2. The second kappa shape index (κ2) is 5.38. The number of amides is 1. The number of H-pyrrole nitrogens is 2. The number of aromatic nitrogens is 5. The molecule has 1 amide bonds. The molecule has 0 spiro atoms. The molecule has 0 saturated carbocycles. The van der Waals surface area contributed by atoms with Gasteiger partial charge in [0.2, 0.25) is 0 Å². The second-order valence-corrected chi connectivity index (χ2v) is 5.03. The summed E-state index contributed by atoms with van der Waals surface area (Å²) < 4.78 is 0. The highest BCUT2D eigenvalue weighted by Gasteiger charge is 2.11. The first-order valence-electron chi connectivity index (χ1n) is 7.00. The molecule has 4 rings (SSSR count). The monoisotopic (exact) mass is 304 g/mol. The third-order valence-corrected chi connectivity index (χ3v) is 3.48. The van der Waals surface area contributed by atoms with E-state index in [2.05, 4.69) is 30.7 Å². The van der Waals surface area contributed by atoms with E-state index in [1.54, 1.807) is 24.7 Å². The van der Waals surface area contributed by atoms with Crippen molar-refractivity contribution in [2.45, 2.75) is 0 Å². The van der Waals surface area contributed by atoms with Crippen molar-refractivity contribution < 1.29 is 4.79 Å². The van der Waals surface area contributed by atoms with E-state index in [4.69, 9.17) is 0 Å². The van der Waals surface area contributed by atoms with Crippen molar-refractivity contribution in [2.75, 3.05) is 5.32 Å². The number of hydrogen-bond acceptors (Lipinski definition) is 4. The van der Waals surface area contributed by atoms with Gasteiger partial charge < -0.3 is 5.32 Å². The number of hydrogen-bond donors (Lipinski definition) is 3. The van der Waals surface area contributed by atoms with Gasteiger partial charge in [-0.25, -0.2) is 0 Å². The number of fused-ring (bicyclic) bond motifs is 1. The molecule has 0 saturated heterocycles. The molecule has 0 aliphatic heterocycles. The lowest BCUT2D eigenvalue weighted by molar-refractivity contribution is 0.102. The van der Waals surface area contributed by atoms with Crippen molar-refractivity contribution in [3.63, 3.8) is 0 Å². The van der Waals surface area contributed by atoms with Crippen LogP contribution in [-0.4, -0.2) is 31.3 Å². The number of pyridine rings is 1. The average Bonchev–Trinajstić information content (AvgIpc) is 3.24. The van der Waals surface area contributed by atoms with Crippen LogP contribution in [0.25, 0.3) is 22.2 Å². The lowest BCUT2D eigenvalue weighted by Crippen LogP contribution is -2.12. The Bertz CT molecular complexity index is 972. The van der Waals surface area contributed by atoms with Gasteiger partial charge in [0.05, 0.1) is 17.4 Å². The van der Waals surface area contributed by atoms with E-state index in [1.165, 1.54) is 0 Å². The van der Waals surface area contributed by atoms with Gasteiger partial charge in [0.1, 0.15) is 5.69 Å². The van der Waals surface area contributed by atoms with Gasteiger partial charge in [-0.05, 0) is 36.4 Å². The van der Waals surface area contributed by atoms with Crippen LogP contribution in [0.3, 0.4) is 0 Å². The number of aromatic amines is 2. The summed E-state index contributed by atoms with van der Waals surface area (Å²) in [6, 6.07) is 11.0. The van der Waals surface area contributed by atoms with Crippen molar-refractivity contribution in [1.29, 1.82) is 0 Å². The first-order valence-corrected chi connectivity index (χ1v) is 7.00. The maximum Gasteiger partial charge on any atom is 0.273 e. The minimum atomic E-state index is -0.258. The SMILES string of the molecule is O=C(Nc1ccc2cn[nH]c2c1)c1cc(-c2cccnc2)n[nH]1. The molecule has 112 valence electrons. The molecule has 3 heterocycles. The standard InChI is InChI=1S/C16H12N6O/c23-16(19-12-4-3-11-9-18-20-13(11)6-12)15-7-14(21-22-15)10-2-1-5-17-8-10/h1-9H,(H,18,20)(H,19,23)(H,21,22). The minimum absolute atomic E-state index is 0.258. The van der Waals surface area contributed by atoms with Gasteiger partial charge in [0.25, 0.3) is 5.91 Å². The number of carbonyl (C=O) groups is 1. The number of nitrogens with zero attached hydrogens (tertiary/aromatic N) is 3. The predicted molar refractivity (Wildman–Crippen MR) is 85.9 cm³/mol. The van der Waals surface area contributed by atoms with Crippen LogP contribution in [0.2, 0.25) is 0 Å². The van der Waals surface area contributed by atoms with E-state index < -0.39 is 0 Å². The molecule has 0 atom stereocenters. The fourth-order valence-electron chi connectivity index (χ4n) is 2.31. The normalized spacial score (nSPS) is 10.8. The quantitative estimate of drug-likeness (QED) is 0.541. The first-order chi connectivity index (χ1) is 11.3. The van der Waals surface area contributed by atoms with Crippen molar-refractivity contribution in [1.82, 2.24) is 25.4 Å². The number of benzene rings is 1. The van der Waals surface area contributed by atoms with Gasteiger partial charge in [-0.15, -0.1) is 0 Å². The fraction of sp³-hybridized carbons (Fsp3) is 0. The number of carbonyl (C=O) groups excluding carboxylic acids is 1. The van der Waals surface area contributed by atoms with Crippen LogP contribution in [-0.2, 0) is 0 Å². The van der Waals surface area contributed by atoms with Gasteiger partial charge in [0, 0.05) is 29.0 Å². The summed E-state index contributed by atoms with van der Waals surface area (Å²) in [6.07, 6.45) is 5.12. The summed E-state index contributed by atoms with van der Waals surface area (Å²) >= 11 is 0. The third kappa shape index (κ3) is 2.55. The first kappa shape index (κ1) is 13.2. The topological polar surface area (TPSA) is 99.3 Å². The summed E-state index contributed by atoms with van der Waals surface area (Å²) in [5.74, 6) is -0.258. The van der Waals surface area contributed by atoms with Crippen molar-refractivity contribution >= 4 is 22.5 Å². The highest BCUT2D eigenvalue weighted by molar-refractivity contribution is 6.04. The predicted octanol–water partition coefficient (Wildman–Crippen LogP) is 2.60. The molecule has 0 radical (unpaired) electrons. The van der Waals surface area contributed by atoms with Crippen LogP contribution >= 0.6 is 0 Å². The molecule has 3 N–H and O–H groups in total. The molecular weight excluding hydrogens is 292 g/mol. The van der Waals surface area contributed by atoms with E-state index in [0.29, 0.717) is 17.1 Å². The molecule has 7 heteroatoms. The number of anilines is 1. The highest BCUT2D eigenvalue weighted by atomic mass is 16.1. The molecule has 23 heavy (non-hydrogen) atoms. The average molecular weight is 304 g/mol. The van der Waals surface area contributed by atoms with Gasteiger partial charge in [0.15, 0.2) is 0 Å². The zero-order valence-electron chi connectivity index (χ0n) is 11.9. The molecule has 3 aromatic heterocycles. The fourth-order valence-corrected chi connectivity index (χ4v) is 2.31. The van der Waals surface area contributed by atoms with E-state index in [-0.39, 0.29) is 5.91 Å². The Kier molecular flexibility index (Phi) is 3.09. The molecule has 1 aromatic carbocycles. The molecular formula is C16H12N6O. The van der Waals surface area contributed by atoms with Crippen LogP contribution in [0.4, 0.5) is 5.69 Å². The van der Waals surface area contributed by atoms with Crippen LogP contribution in [0.5, 0.6) is 0 Å². The van der Waals surface area contributed by atoms with E-state index in [0.717, 1.165) is 16.5 Å². The summed E-state index contributed by atoms with van der Waals surface area (Å²) in [5.41, 5.74) is 3.45. The van der Waals surface area contributed by atoms with Gasteiger partial charge in [-0.1, -0.05) is 0 Å². The summed E-state index contributed by atoms with van der Waals surface area (Å²) in [7, 11) is 0. The van der Waals surface area contributed by atoms with Crippen LogP contribution < -0.4 is 5.32 Å². The molecule has 0 bridgehead atoms. The van der Waals surface area contributed by atoms with E-state index in [9.17, 15) is 4.79 Å². The van der Waals surface area contributed by atoms with Gasteiger partial charge >= 0.3 is 0 Å². The maximum atomic E-state index is 12.3. The summed E-state index contributed by atoms with van der Waals surface area (Å²) in [6.45, 7) is 0. The zero-order valence-corrected chi connectivity index (χ0v) is 11.9. The maximum absolute atomic E-state index is 12.3. The van der Waals surface area contributed by atoms with Gasteiger partial charge in [-0.2, -0.15) is 10.2 Å². The summed E-state index contributed by atoms with van der Waals surface area (Å²) in [4.78, 5) is 16.4. The zero-order chi connectivity index (χ0) is 15.6. The molecule has 4 aromatic rings. The second-order valence-electron chi connectivity index (χ2n) is 5.03. The Morgan fingerprint density at radius 2 is 2.04 bits per heavy atom. The molecule has 0 unspecified atom stereocenters. The minimum Gasteiger partial charge on any atom is -0.321 e. The Balaban J connectivity index is 1.56. The smallest absolute Gasteiger partial charge is 0.273 e. The number of nitrogens with one attached hydrogen (secondary N) is 3. The van der Waals surface area contributed by atoms with E-state index >= 15 is 0 Å². The number of rotatable bonds is 3.